The molecule has 36 heavy (non-hydrogen) atoms. The van der Waals surface area contributed by atoms with Crippen LogP contribution in [0.5, 0.6) is 0 Å². The molecular weight excluding hydrogens is 504 g/mol. The number of halogens is 1. The summed E-state index contributed by atoms with van der Waals surface area (Å²) < 4.78 is 29.8. The van der Waals surface area contributed by atoms with Crippen LogP contribution < -0.4 is 10.5 Å². The molecule has 2 aromatic carbocycles. The Morgan fingerprint density at radius 2 is 1.86 bits per heavy atom. The lowest BCUT2D eigenvalue weighted by Crippen LogP contribution is -2.25. The molecule has 0 fully saturated rings. The first-order chi connectivity index (χ1) is 16.8. The van der Waals surface area contributed by atoms with E-state index in [1.165, 1.54) is 18.2 Å². The summed E-state index contributed by atoms with van der Waals surface area (Å²) in [5, 5.41) is 11.9. The van der Waals surface area contributed by atoms with E-state index in [2.05, 4.69) is 21.2 Å². The van der Waals surface area contributed by atoms with Crippen LogP contribution in [0.15, 0.2) is 53.4 Å². The zero-order chi connectivity index (χ0) is 25.0. The van der Waals surface area contributed by atoms with Crippen LogP contribution in [0.2, 0.25) is 0 Å². The number of imidazole rings is 1. The Balaban J connectivity index is 0.00000361. The number of anilines is 1. The maximum atomic E-state index is 12.6. The first kappa shape index (κ1) is 27.3. The topological polar surface area (TPSA) is 146 Å². The molecule has 0 unspecified atom stereocenters. The lowest BCUT2D eigenvalue weighted by Gasteiger charge is -2.11. The van der Waals surface area contributed by atoms with Crippen molar-refractivity contribution in [3.05, 3.63) is 64.5 Å². The lowest BCUT2D eigenvalue weighted by molar-refractivity contribution is -0.385. The molecule has 0 aliphatic heterocycles. The Labute approximate surface area is 215 Å². The number of aryl methyl sites for hydroxylation is 2. The maximum absolute atomic E-state index is 12.6. The molecule has 4 aromatic rings. The minimum Gasteiger partial charge on any atom is -0.382 e. The second-order valence-electron chi connectivity index (χ2n) is 8.35. The number of para-hydroxylation sites is 1. The van der Waals surface area contributed by atoms with Gasteiger partial charge in [0.05, 0.1) is 20.9 Å². The number of nitrogens with two attached hydrogens (primary N) is 1. The largest absolute Gasteiger partial charge is 0.382 e. The second kappa shape index (κ2) is 11.6. The highest BCUT2D eigenvalue weighted by Crippen LogP contribution is 2.29. The number of sulfonamides is 1. The molecule has 0 spiro atoms. The van der Waals surface area contributed by atoms with Gasteiger partial charge in [0.2, 0.25) is 10.0 Å². The van der Waals surface area contributed by atoms with Gasteiger partial charge in [0, 0.05) is 37.0 Å². The average molecular weight is 533 g/mol. The number of aromatic nitrogens is 3. The van der Waals surface area contributed by atoms with Crippen molar-refractivity contribution in [1.82, 2.24) is 19.3 Å². The average Bonchev–Trinajstić information content (AvgIpc) is 3.22. The molecule has 0 radical (unpaired) electrons. The molecule has 3 N–H and O–H groups in total. The highest BCUT2D eigenvalue weighted by Gasteiger charge is 2.18. The molecule has 0 saturated carbocycles. The van der Waals surface area contributed by atoms with Gasteiger partial charge < -0.3 is 10.3 Å². The van der Waals surface area contributed by atoms with Crippen LogP contribution in [0.3, 0.4) is 0 Å². The van der Waals surface area contributed by atoms with E-state index in [0.29, 0.717) is 30.7 Å². The van der Waals surface area contributed by atoms with Crippen molar-refractivity contribution in [2.75, 3.05) is 12.3 Å². The Kier molecular flexibility index (Phi) is 8.83. The highest BCUT2D eigenvalue weighted by molar-refractivity contribution is 7.89. The van der Waals surface area contributed by atoms with Gasteiger partial charge in [-0.05, 0) is 31.4 Å². The van der Waals surface area contributed by atoms with Crippen LogP contribution in [0.4, 0.5) is 11.5 Å². The molecule has 2 heterocycles. The second-order valence-corrected chi connectivity index (χ2v) is 10.1. The molecule has 0 aliphatic rings. The van der Waals surface area contributed by atoms with Crippen LogP contribution in [0, 0.1) is 10.1 Å². The Bertz CT molecular complexity index is 1490. The van der Waals surface area contributed by atoms with Crippen molar-refractivity contribution in [3.63, 3.8) is 0 Å². The van der Waals surface area contributed by atoms with Gasteiger partial charge in [0.25, 0.3) is 5.69 Å². The van der Waals surface area contributed by atoms with Gasteiger partial charge in [0.1, 0.15) is 11.3 Å². The third-order valence-electron chi connectivity index (χ3n) is 5.88. The number of hydrogen-bond donors (Lipinski definition) is 2. The monoisotopic (exact) mass is 532 g/mol. The molecule has 0 atom stereocenters. The van der Waals surface area contributed by atoms with Crippen molar-refractivity contribution >= 4 is 55.9 Å². The minimum absolute atomic E-state index is 0. The quantitative estimate of drug-likeness (QED) is 0.163. The summed E-state index contributed by atoms with van der Waals surface area (Å²) in [6, 6.07) is 12.9. The Morgan fingerprint density at radius 3 is 2.61 bits per heavy atom. The fraction of sp³-hybridized carbons (Fsp3) is 0.333. The number of hydrogen-bond acceptors (Lipinski definition) is 7. The molecule has 12 heteroatoms. The molecule has 4 rings (SSSR count). The molecular formula is C24H29ClN6O4S. The normalized spacial score (nSPS) is 11.6. The van der Waals surface area contributed by atoms with Gasteiger partial charge in [-0.1, -0.05) is 37.6 Å². The number of nitro benzene ring substituents is 1. The summed E-state index contributed by atoms with van der Waals surface area (Å²) in [7, 11) is -3.84. The lowest BCUT2D eigenvalue weighted by atomic mass is 10.2. The van der Waals surface area contributed by atoms with Gasteiger partial charge in [-0.25, -0.2) is 23.1 Å². The molecule has 0 bridgehead atoms. The van der Waals surface area contributed by atoms with Gasteiger partial charge in [-0.2, -0.15) is 0 Å². The SMILES string of the molecule is CCCCc1nc2c(N)nc3ccccc3c2n1CCCCNS(=O)(=O)c1cccc([N+](=O)[O-])c1.Cl. The summed E-state index contributed by atoms with van der Waals surface area (Å²) in [4.78, 5) is 19.5. The predicted molar refractivity (Wildman–Crippen MR) is 143 cm³/mol. The van der Waals surface area contributed by atoms with E-state index >= 15 is 0 Å². The number of fused-ring (bicyclic) bond motifs is 3. The zero-order valence-corrected chi connectivity index (χ0v) is 21.5. The third kappa shape index (κ3) is 5.75. The summed E-state index contributed by atoms with van der Waals surface area (Å²) in [6.45, 7) is 3.00. The number of nitro groups is 1. The Hall–Kier alpha value is -3.28. The van der Waals surface area contributed by atoms with Crippen LogP contribution in [-0.4, -0.2) is 34.4 Å². The number of pyridine rings is 1. The Morgan fingerprint density at radius 1 is 1.08 bits per heavy atom. The molecule has 0 saturated heterocycles. The summed E-state index contributed by atoms with van der Waals surface area (Å²) in [6.07, 6.45) is 4.14. The zero-order valence-electron chi connectivity index (χ0n) is 19.9. The maximum Gasteiger partial charge on any atom is 0.270 e. The van der Waals surface area contributed by atoms with Gasteiger partial charge in [-0.15, -0.1) is 12.4 Å². The van der Waals surface area contributed by atoms with Gasteiger partial charge >= 0.3 is 0 Å². The number of non-ortho nitro benzene ring substituents is 1. The van der Waals surface area contributed by atoms with Crippen LogP contribution in [0.25, 0.3) is 21.9 Å². The summed E-state index contributed by atoms with van der Waals surface area (Å²) in [5.41, 5.74) is 8.43. The van der Waals surface area contributed by atoms with E-state index in [0.717, 1.165) is 47.6 Å². The molecule has 192 valence electrons. The number of benzene rings is 2. The number of rotatable bonds is 11. The van der Waals surface area contributed by atoms with E-state index in [1.807, 2.05) is 24.3 Å². The van der Waals surface area contributed by atoms with Crippen molar-refractivity contribution < 1.29 is 13.3 Å². The van der Waals surface area contributed by atoms with Gasteiger partial charge in [0.15, 0.2) is 5.82 Å². The predicted octanol–water partition coefficient (Wildman–Crippen LogP) is 4.60. The van der Waals surface area contributed by atoms with Crippen LogP contribution >= 0.6 is 12.4 Å². The third-order valence-corrected chi connectivity index (χ3v) is 7.34. The fourth-order valence-corrected chi connectivity index (χ4v) is 5.23. The van der Waals surface area contributed by atoms with E-state index in [9.17, 15) is 18.5 Å². The first-order valence-corrected chi connectivity index (χ1v) is 13.1. The number of nitrogen functional groups attached to an aromatic ring is 1. The number of nitrogens with one attached hydrogen (secondary N) is 1. The number of unbranched alkanes of at least 4 members (excludes halogenated alkanes) is 2. The van der Waals surface area contributed by atoms with E-state index in [4.69, 9.17) is 10.7 Å². The fourth-order valence-electron chi connectivity index (χ4n) is 4.12. The first-order valence-electron chi connectivity index (χ1n) is 11.6. The van der Waals surface area contributed by atoms with Crippen LogP contribution in [0.1, 0.15) is 38.4 Å². The van der Waals surface area contributed by atoms with Gasteiger partial charge in [-0.3, -0.25) is 10.1 Å². The van der Waals surface area contributed by atoms with E-state index in [1.54, 1.807) is 0 Å². The summed E-state index contributed by atoms with van der Waals surface area (Å²) in [5.74, 6) is 1.35. The van der Waals surface area contributed by atoms with Crippen LogP contribution in [-0.2, 0) is 23.0 Å². The van der Waals surface area contributed by atoms with E-state index < -0.39 is 14.9 Å². The minimum atomic E-state index is -3.84. The molecule has 10 nitrogen and oxygen atoms in total. The van der Waals surface area contributed by atoms with Crippen molar-refractivity contribution in [3.8, 4) is 0 Å². The van der Waals surface area contributed by atoms with E-state index in [-0.39, 0.29) is 29.5 Å². The molecule has 0 amide bonds. The van der Waals surface area contributed by atoms with Crippen molar-refractivity contribution in [2.24, 2.45) is 0 Å². The smallest absolute Gasteiger partial charge is 0.270 e. The highest BCUT2D eigenvalue weighted by atomic mass is 35.5. The van der Waals surface area contributed by atoms with Crippen molar-refractivity contribution in [2.45, 2.75) is 50.5 Å². The molecule has 0 aliphatic carbocycles. The summed E-state index contributed by atoms with van der Waals surface area (Å²) >= 11 is 0. The standard InChI is InChI=1S/C24H28N6O4S.ClH/c1-2-3-13-21-28-22-23(19-11-4-5-12-20(19)27-24(22)25)29(21)15-7-6-14-26-35(33,34)18-10-8-9-17(16-18)30(31)32;/h4-5,8-12,16,26H,2-3,6-7,13-15H2,1H3,(H2,25,27);1H. The van der Waals surface area contributed by atoms with Crippen molar-refractivity contribution in [1.29, 1.82) is 0 Å². The molecule has 2 aromatic heterocycles. The number of nitrogens with zero attached hydrogens (tertiary/aromatic N) is 4.